The second-order valence-corrected chi connectivity index (χ2v) is 9.40. The summed E-state index contributed by atoms with van der Waals surface area (Å²) >= 11 is 6.04. The highest BCUT2D eigenvalue weighted by Crippen LogP contribution is 2.37. The van der Waals surface area contributed by atoms with Crippen LogP contribution < -0.4 is 14.8 Å². The molecule has 37 heavy (non-hydrogen) atoms. The minimum absolute atomic E-state index is 0.0548. The number of fused-ring (bicyclic) bond motifs is 1. The van der Waals surface area contributed by atoms with Crippen LogP contribution in [-0.2, 0) is 17.5 Å². The Bertz CT molecular complexity index is 1350. The number of alkyl halides is 3. The van der Waals surface area contributed by atoms with Crippen LogP contribution in [0, 0.1) is 5.92 Å². The summed E-state index contributed by atoms with van der Waals surface area (Å²) in [6, 6.07) is 16.6. The Hall–Kier alpha value is -3.72. The van der Waals surface area contributed by atoms with E-state index in [0.29, 0.717) is 27.6 Å². The molecule has 3 aromatic carbocycles. The second-order valence-electron chi connectivity index (χ2n) is 8.96. The van der Waals surface area contributed by atoms with E-state index >= 15 is 0 Å². The molecule has 2 aliphatic rings. The summed E-state index contributed by atoms with van der Waals surface area (Å²) in [7, 11) is 0. The average Bonchev–Trinajstić information content (AvgIpc) is 3.54. The number of carbonyl (C=O) groups is 2. The normalized spacial score (nSPS) is 18.6. The van der Waals surface area contributed by atoms with Gasteiger partial charge in [-0.25, -0.2) is 0 Å². The zero-order valence-corrected chi connectivity index (χ0v) is 20.2. The largest absolute Gasteiger partial charge is 0.454 e. The van der Waals surface area contributed by atoms with Crippen molar-refractivity contribution < 1.29 is 32.2 Å². The predicted octanol–water partition coefficient (Wildman–Crippen LogP) is 5.26. The highest BCUT2D eigenvalue weighted by Gasteiger charge is 2.41. The van der Waals surface area contributed by atoms with Crippen LogP contribution in [0.25, 0.3) is 0 Å². The average molecular weight is 531 g/mol. The van der Waals surface area contributed by atoms with E-state index in [9.17, 15) is 22.8 Å². The van der Waals surface area contributed by atoms with Gasteiger partial charge in [0.2, 0.25) is 12.7 Å². The monoisotopic (exact) mass is 530 g/mol. The van der Waals surface area contributed by atoms with Gasteiger partial charge in [-0.2, -0.15) is 13.2 Å². The van der Waals surface area contributed by atoms with Crippen LogP contribution in [0.1, 0.15) is 33.0 Å². The summed E-state index contributed by atoms with van der Waals surface area (Å²) in [4.78, 5) is 28.0. The smallest absolute Gasteiger partial charge is 0.416 e. The first kappa shape index (κ1) is 25.0. The van der Waals surface area contributed by atoms with Crippen molar-refractivity contribution in [3.8, 4) is 11.5 Å². The molecule has 2 atom stereocenters. The summed E-state index contributed by atoms with van der Waals surface area (Å²) in [5, 5.41) is 3.25. The third-order valence-electron chi connectivity index (χ3n) is 6.56. The number of halogens is 4. The maximum Gasteiger partial charge on any atom is 0.416 e. The van der Waals surface area contributed by atoms with E-state index < -0.39 is 23.6 Å². The first-order valence-corrected chi connectivity index (χ1v) is 11.9. The molecule has 0 spiro atoms. The lowest BCUT2D eigenvalue weighted by molar-refractivity contribution is -0.137. The molecule has 0 radical (unpaired) electrons. The second kappa shape index (κ2) is 9.97. The molecule has 3 aromatic rings. The number of hydrogen-bond donors (Lipinski definition) is 1. The first-order chi connectivity index (χ1) is 17.7. The van der Waals surface area contributed by atoms with E-state index in [4.69, 9.17) is 21.1 Å². The number of amides is 2. The van der Waals surface area contributed by atoms with Crippen LogP contribution in [-0.4, -0.2) is 36.6 Å². The van der Waals surface area contributed by atoms with Crippen molar-refractivity contribution in [3.63, 3.8) is 0 Å². The van der Waals surface area contributed by atoms with Gasteiger partial charge < -0.3 is 19.7 Å². The molecular weight excluding hydrogens is 509 g/mol. The van der Waals surface area contributed by atoms with Crippen LogP contribution in [0.5, 0.6) is 11.5 Å². The molecule has 10 heteroatoms. The van der Waals surface area contributed by atoms with Crippen molar-refractivity contribution in [1.82, 2.24) is 10.2 Å². The number of nitrogens with zero attached hydrogens (tertiary/aromatic N) is 1. The van der Waals surface area contributed by atoms with E-state index in [1.807, 2.05) is 0 Å². The summed E-state index contributed by atoms with van der Waals surface area (Å²) in [5.74, 6) is -0.881. The van der Waals surface area contributed by atoms with Gasteiger partial charge in [-0.15, -0.1) is 0 Å². The van der Waals surface area contributed by atoms with Crippen molar-refractivity contribution in [1.29, 1.82) is 0 Å². The van der Waals surface area contributed by atoms with Gasteiger partial charge >= 0.3 is 6.18 Å². The Labute approximate surface area is 215 Å². The van der Waals surface area contributed by atoms with Gasteiger partial charge in [0.15, 0.2) is 11.5 Å². The number of benzene rings is 3. The topological polar surface area (TPSA) is 67.9 Å². The fourth-order valence-corrected chi connectivity index (χ4v) is 4.88. The van der Waals surface area contributed by atoms with Crippen LogP contribution in [0.4, 0.5) is 13.2 Å². The molecule has 2 aliphatic heterocycles. The molecule has 1 saturated heterocycles. The van der Waals surface area contributed by atoms with Crippen molar-refractivity contribution in [3.05, 3.63) is 94.0 Å². The minimum Gasteiger partial charge on any atom is -0.454 e. The highest BCUT2D eigenvalue weighted by molar-refractivity contribution is 6.30. The first-order valence-electron chi connectivity index (χ1n) is 11.6. The van der Waals surface area contributed by atoms with Gasteiger partial charge in [0, 0.05) is 36.1 Å². The van der Waals surface area contributed by atoms with E-state index in [-0.39, 0.29) is 38.2 Å². The number of rotatable bonds is 5. The van der Waals surface area contributed by atoms with Crippen LogP contribution in [0.3, 0.4) is 0 Å². The van der Waals surface area contributed by atoms with Gasteiger partial charge in [-0.05, 0) is 47.5 Å². The third kappa shape index (κ3) is 5.36. The van der Waals surface area contributed by atoms with Gasteiger partial charge in [0.25, 0.3) is 5.91 Å². The molecule has 0 bridgehead atoms. The Morgan fingerprint density at radius 3 is 2.54 bits per heavy atom. The molecule has 2 unspecified atom stereocenters. The molecule has 0 aromatic heterocycles. The molecule has 2 heterocycles. The quantitative estimate of drug-likeness (QED) is 0.489. The molecule has 2 amide bonds. The fourth-order valence-electron chi connectivity index (χ4n) is 4.69. The molecular formula is C27H22ClF3N2O4. The van der Waals surface area contributed by atoms with E-state index in [1.54, 1.807) is 42.5 Å². The minimum atomic E-state index is -4.53. The molecule has 192 valence electrons. The number of nitrogens with one attached hydrogen (secondary N) is 1. The predicted molar refractivity (Wildman–Crippen MR) is 129 cm³/mol. The highest BCUT2D eigenvalue weighted by atomic mass is 35.5. The fraction of sp³-hybridized carbons (Fsp3) is 0.259. The maximum atomic E-state index is 13.4. The third-order valence-corrected chi connectivity index (χ3v) is 6.80. The lowest BCUT2D eigenvalue weighted by Crippen LogP contribution is -2.35. The van der Waals surface area contributed by atoms with Crippen molar-refractivity contribution in [2.75, 3.05) is 19.9 Å². The molecule has 5 rings (SSSR count). The Morgan fingerprint density at radius 2 is 1.76 bits per heavy atom. The standard InChI is InChI=1S/C27H22ClF3N2O4/c28-20-6-2-4-18(11-20)26(35)33-13-21(17-3-1-5-19(10-17)27(29,30)31)22(14-33)25(34)32-12-16-7-8-23-24(9-16)37-15-36-23/h1-11,21-22H,12-15H2,(H,32,34). The Morgan fingerprint density at radius 1 is 0.973 bits per heavy atom. The molecule has 1 fully saturated rings. The Kier molecular flexibility index (Phi) is 6.72. The zero-order valence-electron chi connectivity index (χ0n) is 19.4. The van der Waals surface area contributed by atoms with Crippen LogP contribution in [0.15, 0.2) is 66.7 Å². The summed E-state index contributed by atoms with van der Waals surface area (Å²) in [6.07, 6.45) is -4.53. The van der Waals surface area contributed by atoms with E-state index in [1.165, 1.54) is 17.0 Å². The molecule has 0 aliphatic carbocycles. The Balaban J connectivity index is 1.38. The molecule has 1 N–H and O–H groups in total. The number of hydrogen-bond acceptors (Lipinski definition) is 4. The number of likely N-dealkylation sites (tertiary alicyclic amines) is 1. The lowest BCUT2D eigenvalue weighted by Gasteiger charge is -2.19. The maximum absolute atomic E-state index is 13.4. The summed E-state index contributed by atoms with van der Waals surface area (Å²) < 4.78 is 50.9. The van der Waals surface area contributed by atoms with Crippen molar-refractivity contribution >= 4 is 23.4 Å². The van der Waals surface area contributed by atoms with Gasteiger partial charge in [0.05, 0.1) is 11.5 Å². The van der Waals surface area contributed by atoms with Crippen molar-refractivity contribution in [2.45, 2.75) is 18.6 Å². The number of carbonyl (C=O) groups excluding carboxylic acids is 2. The van der Waals surface area contributed by atoms with Crippen LogP contribution >= 0.6 is 11.6 Å². The zero-order chi connectivity index (χ0) is 26.2. The lowest BCUT2D eigenvalue weighted by atomic mass is 9.87. The van der Waals surface area contributed by atoms with Gasteiger partial charge in [-0.1, -0.05) is 41.9 Å². The van der Waals surface area contributed by atoms with E-state index in [2.05, 4.69) is 5.32 Å². The van der Waals surface area contributed by atoms with Crippen molar-refractivity contribution in [2.24, 2.45) is 5.92 Å². The van der Waals surface area contributed by atoms with Gasteiger partial charge in [-0.3, -0.25) is 9.59 Å². The molecule has 0 saturated carbocycles. The SMILES string of the molecule is O=C(NCc1ccc2c(c1)OCO2)C1CN(C(=O)c2cccc(Cl)c2)CC1c1cccc(C(F)(F)F)c1. The summed E-state index contributed by atoms with van der Waals surface area (Å²) in [5.41, 5.74) is 0.665. The van der Waals surface area contributed by atoms with E-state index in [0.717, 1.165) is 17.7 Å². The van der Waals surface area contributed by atoms with Gasteiger partial charge in [0.1, 0.15) is 0 Å². The molecule has 6 nitrogen and oxygen atoms in total. The summed E-state index contributed by atoms with van der Waals surface area (Å²) in [6.45, 7) is 0.458. The number of ether oxygens (including phenoxy) is 2. The van der Waals surface area contributed by atoms with Crippen LogP contribution in [0.2, 0.25) is 5.02 Å².